The van der Waals surface area contributed by atoms with Gasteiger partial charge in [-0.1, -0.05) is 0 Å². The lowest BCUT2D eigenvalue weighted by molar-refractivity contribution is -0.142. The van der Waals surface area contributed by atoms with E-state index in [1.807, 2.05) is 4.57 Å². The number of carbonyl (C=O) groups is 1. The molecule has 1 saturated heterocycles. The lowest BCUT2D eigenvalue weighted by Crippen LogP contribution is -2.30. The number of piperidine rings is 1. The Bertz CT molecular complexity index is 756. The van der Waals surface area contributed by atoms with Crippen LogP contribution in [-0.2, 0) is 9.53 Å². The van der Waals surface area contributed by atoms with Crippen molar-refractivity contribution in [1.82, 2.24) is 19.5 Å². The van der Waals surface area contributed by atoms with E-state index in [4.69, 9.17) is 16.3 Å². The van der Waals surface area contributed by atoms with Crippen LogP contribution >= 0.6 is 11.6 Å². The smallest absolute Gasteiger partial charge is 0.310 e. The molecule has 2 aromatic heterocycles. The van der Waals surface area contributed by atoms with Gasteiger partial charge in [-0.2, -0.15) is 9.97 Å². The second kappa shape index (κ2) is 5.63. The summed E-state index contributed by atoms with van der Waals surface area (Å²) in [7, 11) is 1.41. The van der Waals surface area contributed by atoms with Crippen LogP contribution in [0.25, 0.3) is 11.2 Å². The molecule has 0 bridgehead atoms. The van der Waals surface area contributed by atoms with Gasteiger partial charge < -0.3 is 14.2 Å². The van der Waals surface area contributed by atoms with Crippen molar-refractivity contribution in [3.63, 3.8) is 0 Å². The zero-order valence-corrected chi connectivity index (χ0v) is 13.7. The summed E-state index contributed by atoms with van der Waals surface area (Å²) in [5.74, 6) is 0.492. The van der Waals surface area contributed by atoms with Crippen LogP contribution in [0.2, 0.25) is 5.28 Å². The number of rotatable bonds is 3. The monoisotopic (exact) mass is 335 g/mol. The van der Waals surface area contributed by atoms with E-state index in [0.29, 0.717) is 5.65 Å². The molecule has 0 radical (unpaired) electrons. The molecule has 1 aliphatic carbocycles. The molecule has 0 spiro atoms. The number of esters is 1. The van der Waals surface area contributed by atoms with Crippen molar-refractivity contribution >= 4 is 34.6 Å². The van der Waals surface area contributed by atoms with Gasteiger partial charge in [-0.3, -0.25) is 4.79 Å². The number of fused-ring (bicyclic) bond motifs is 1. The Morgan fingerprint density at radius 1 is 1.30 bits per heavy atom. The van der Waals surface area contributed by atoms with Gasteiger partial charge in [0.15, 0.2) is 17.0 Å². The number of hydrogen-bond donors (Lipinski definition) is 0. The lowest BCUT2D eigenvalue weighted by Gasteiger charge is -2.27. The molecule has 2 fully saturated rings. The van der Waals surface area contributed by atoms with Crippen LogP contribution in [-0.4, -0.2) is 45.7 Å². The van der Waals surface area contributed by atoms with Gasteiger partial charge in [0.2, 0.25) is 5.28 Å². The molecule has 2 unspecified atom stereocenters. The van der Waals surface area contributed by atoms with Crippen molar-refractivity contribution in [2.75, 3.05) is 25.1 Å². The van der Waals surface area contributed by atoms with E-state index < -0.39 is 0 Å². The number of aromatic nitrogens is 4. The first-order valence-corrected chi connectivity index (χ1v) is 8.29. The molecule has 2 atom stereocenters. The third-order valence-corrected chi connectivity index (χ3v) is 4.82. The number of nitrogens with zero attached hydrogens (tertiary/aromatic N) is 5. The fourth-order valence-corrected chi connectivity index (χ4v) is 3.50. The molecule has 2 aromatic rings. The molecule has 7 nitrogen and oxygen atoms in total. The van der Waals surface area contributed by atoms with Crippen LogP contribution in [0.15, 0.2) is 6.33 Å². The summed E-state index contributed by atoms with van der Waals surface area (Å²) < 4.78 is 6.75. The summed E-state index contributed by atoms with van der Waals surface area (Å²) in [4.78, 5) is 27.1. The van der Waals surface area contributed by atoms with E-state index in [0.717, 1.165) is 43.7 Å². The molecule has 0 aromatic carbocycles. The maximum absolute atomic E-state index is 11.7. The number of anilines is 1. The molecule has 8 heteroatoms. The maximum atomic E-state index is 11.7. The summed E-state index contributed by atoms with van der Waals surface area (Å²) in [6.45, 7) is 1.92. The van der Waals surface area contributed by atoms with Gasteiger partial charge in [0.05, 0.1) is 25.4 Å². The highest BCUT2D eigenvalue weighted by Gasteiger charge is 2.46. The van der Waals surface area contributed by atoms with Crippen molar-refractivity contribution < 1.29 is 9.53 Å². The molecular formula is C15H18ClN5O2. The Hall–Kier alpha value is -1.89. The summed E-state index contributed by atoms with van der Waals surface area (Å²) in [5.41, 5.74) is 1.45. The number of ether oxygens (including phenoxy) is 1. The zero-order valence-electron chi connectivity index (χ0n) is 12.9. The zero-order chi connectivity index (χ0) is 16.0. The Morgan fingerprint density at radius 2 is 2.09 bits per heavy atom. The van der Waals surface area contributed by atoms with Gasteiger partial charge in [0.25, 0.3) is 0 Å². The van der Waals surface area contributed by atoms with E-state index in [1.54, 1.807) is 6.33 Å². The van der Waals surface area contributed by atoms with Crippen molar-refractivity contribution in [3.05, 3.63) is 11.6 Å². The second-order valence-electron chi connectivity index (χ2n) is 6.12. The van der Waals surface area contributed by atoms with E-state index in [1.165, 1.54) is 13.5 Å². The minimum Gasteiger partial charge on any atom is -0.469 e. The molecule has 1 aliphatic heterocycles. The molecule has 0 amide bonds. The van der Waals surface area contributed by atoms with Crippen LogP contribution in [0.1, 0.15) is 31.7 Å². The Balaban J connectivity index is 1.72. The van der Waals surface area contributed by atoms with Gasteiger partial charge in [0, 0.05) is 13.1 Å². The van der Waals surface area contributed by atoms with Crippen molar-refractivity contribution in [2.45, 2.75) is 31.7 Å². The molecule has 2 aliphatic rings. The molecule has 1 saturated carbocycles. The fourth-order valence-electron chi connectivity index (χ4n) is 3.34. The molecule has 122 valence electrons. The van der Waals surface area contributed by atoms with Crippen LogP contribution in [0.5, 0.6) is 0 Å². The molecule has 23 heavy (non-hydrogen) atoms. The quantitative estimate of drug-likeness (QED) is 0.632. The largest absolute Gasteiger partial charge is 0.469 e. The van der Waals surface area contributed by atoms with Crippen LogP contribution in [0.4, 0.5) is 5.82 Å². The average molecular weight is 336 g/mol. The second-order valence-corrected chi connectivity index (χ2v) is 6.46. The highest BCUT2D eigenvalue weighted by Crippen LogP contribution is 2.45. The first-order chi connectivity index (χ1) is 11.2. The third-order valence-electron chi connectivity index (χ3n) is 4.65. The normalized spacial score (nSPS) is 24.0. The molecule has 0 N–H and O–H groups in total. The standard InChI is InChI=1S/C15H18ClN5O2/c1-23-14(22)9-7-10(9)21-8-17-11-12(18-15(16)19-13(11)21)20-5-3-2-4-6-20/h8-10H,2-7H2,1H3. The first-order valence-electron chi connectivity index (χ1n) is 7.92. The van der Waals surface area contributed by atoms with Crippen LogP contribution in [0, 0.1) is 5.92 Å². The summed E-state index contributed by atoms with van der Waals surface area (Å²) in [6, 6.07) is 0.0487. The van der Waals surface area contributed by atoms with Crippen molar-refractivity contribution in [3.8, 4) is 0 Å². The van der Waals surface area contributed by atoms with E-state index in [2.05, 4.69) is 19.9 Å². The lowest BCUT2D eigenvalue weighted by atomic mass is 10.1. The average Bonchev–Trinajstić information content (AvgIpc) is 3.27. The summed E-state index contributed by atoms with van der Waals surface area (Å²) in [6.07, 6.45) is 6.03. The molecule has 3 heterocycles. The Labute approximate surface area is 138 Å². The summed E-state index contributed by atoms with van der Waals surface area (Å²) in [5, 5.41) is 0.218. The van der Waals surface area contributed by atoms with Gasteiger partial charge in [-0.25, -0.2) is 4.98 Å². The van der Waals surface area contributed by atoms with Crippen LogP contribution < -0.4 is 4.90 Å². The Kier molecular flexibility index (Phi) is 3.60. The van der Waals surface area contributed by atoms with E-state index >= 15 is 0 Å². The predicted octanol–water partition coefficient (Wildman–Crippen LogP) is 2.20. The van der Waals surface area contributed by atoms with Gasteiger partial charge in [0.1, 0.15) is 0 Å². The van der Waals surface area contributed by atoms with Crippen LogP contribution in [0.3, 0.4) is 0 Å². The number of hydrogen-bond acceptors (Lipinski definition) is 6. The van der Waals surface area contributed by atoms with E-state index in [9.17, 15) is 4.79 Å². The Morgan fingerprint density at radius 3 is 2.83 bits per heavy atom. The highest BCUT2D eigenvalue weighted by molar-refractivity contribution is 6.28. The first kappa shape index (κ1) is 14.7. The van der Waals surface area contributed by atoms with E-state index in [-0.39, 0.29) is 23.2 Å². The van der Waals surface area contributed by atoms with Gasteiger partial charge >= 0.3 is 5.97 Å². The molecule has 4 rings (SSSR count). The van der Waals surface area contributed by atoms with Gasteiger partial charge in [-0.05, 0) is 37.3 Å². The SMILES string of the molecule is COC(=O)C1CC1n1cnc2c(N3CCCCC3)nc(Cl)nc21. The third kappa shape index (κ3) is 2.52. The number of imidazole rings is 1. The molecular weight excluding hydrogens is 318 g/mol. The topological polar surface area (TPSA) is 73.1 Å². The number of halogens is 1. The minimum absolute atomic E-state index is 0.0487. The maximum Gasteiger partial charge on any atom is 0.310 e. The van der Waals surface area contributed by atoms with Crippen molar-refractivity contribution in [1.29, 1.82) is 0 Å². The number of carbonyl (C=O) groups excluding carboxylic acids is 1. The predicted molar refractivity (Wildman–Crippen MR) is 85.6 cm³/mol. The van der Waals surface area contributed by atoms with Crippen molar-refractivity contribution in [2.24, 2.45) is 5.92 Å². The number of methoxy groups -OCH3 is 1. The fraction of sp³-hybridized carbons (Fsp3) is 0.600. The highest BCUT2D eigenvalue weighted by atomic mass is 35.5. The minimum atomic E-state index is -0.187. The summed E-state index contributed by atoms with van der Waals surface area (Å²) >= 11 is 6.14. The van der Waals surface area contributed by atoms with Gasteiger partial charge in [-0.15, -0.1) is 0 Å².